The normalized spacial score (nSPS) is 28.1. The smallest absolute Gasteiger partial charge is 0.255 e. The van der Waals surface area contributed by atoms with E-state index in [2.05, 4.69) is 5.32 Å². The predicted octanol–water partition coefficient (Wildman–Crippen LogP) is 2.65. The van der Waals surface area contributed by atoms with Gasteiger partial charge in [0.15, 0.2) is 0 Å². The van der Waals surface area contributed by atoms with Gasteiger partial charge in [-0.15, -0.1) is 0 Å². The molecule has 20 heavy (non-hydrogen) atoms. The van der Waals surface area contributed by atoms with Crippen LogP contribution in [-0.2, 0) is 4.74 Å². The fraction of sp³-hybridized carbons (Fsp3) is 0.438. The van der Waals surface area contributed by atoms with Crippen molar-refractivity contribution in [3.63, 3.8) is 0 Å². The zero-order valence-corrected chi connectivity index (χ0v) is 11.4. The minimum Gasteiger partial charge on any atom is -0.461 e. The third-order valence-electron chi connectivity index (χ3n) is 4.49. The minimum absolute atomic E-state index is 0.0414. The molecule has 2 heterocycles. The van der Waals surface area contributed by atoms with Gasteiger partial charge >= 0.3 is 0 Å². The number of ether oxygens (including phenoxy) is 1. The lowest BCUT2D eigenvalue weighted by Gasteiger charge is -2.39. The number of aryl methyl sites for hydroxylation is 1. The topological polar surface area (TPSA) is 51.5 Å². The molecular weight excluding hydrogens is 254 g/mol. The number of para-hydroxylation sites is 1. The van der Waals surface area contributed by atoms with Crippen LogP contribution in [-0.4, -0.2) is 24.7 Å². The fourth-order valence-electron chi connectivity index (χ4n) is 3.38. The number of rotatable bonds is 2. The third-order valence-corrected chi connectivity index (χ3v) is 4.49. The van der Waals surface area contributed by atoms with Gasteiger partial charge in [-0.25, -0.2) is 0 Å². The van der Waals surface area contributed by atoms with E-state index in [1.807, 2.05) is 31.2 Å². The van der Waals surface area contributed by atoms with Crippen LogP contribution in [0.15, 0.2) is 28.7 Å². The Labute approximate surface area is 117 Å². The van der Waals surface area contributed by atoms with Crippen LogP contribution in [0.5, 0.6) is 0 Å². The Morgan fingerprint density at radius 3 is 3.15 bits per heavy atom. The highest BCUT2D eigenvalue weighted by Gasteiger charge is 2.45. The predicted molar refractivity (Wildman–Crippen MR) is 74.7 cm³/mol. The zero-order chi connectivity index (χ0) is 13.7. The Kier molecular flexibility index (Phi) is 2.60. The van der Waals surface area contributed by atoms with Gasteiger partial charge < -0.3 is 14.5 Å². The Balaban J connectivity index is 1.58. The molecule has 0 spiro atoms. The number of carbonyl (C=O) groups excluding carboxylic acids is 1. The van der Waals surface area contributed by atoms with Crippen molar-refractivity contribution >= 4 is 16.9 Å². The lowest BCUT2D eigenvalue weighted by atomic mass is 9.76. The summed E-state index contributed by atoms with van der Waals surface area (Å²) < 4.78 is 11.2. The number of hydrogen-bond acceptors (Lipinski definition) is 3. The first-order valence-electron chi connectivity index (χ1n) is 7.14. The van der Waals surface area contributed by atoms with Crippen molar-refractivity contribution in [2.75, 3.05) is 6.61 Å². The Hall–Kier alpha value is -1.81. The van der Waals surface area contributed by atoms with Crippen LogP contribution in [0.2, 0.25) is 0 Å². The average Bonchev–Trinajstić information content (AvgIpc) is 2.97. The first-order valence-corrected chi connectivity index (χ1v) is 7.14. The Morgan fingerprint density at radius 1 is 1.40 bits per heavy atom. The van der Waals surface area contributed by atoms with Gasteiger partial charge in [-0.05, 0) is 31.9 Å². The van der Waals surface area contributed by atoms with Gasteiger partial charge in [0.25, 0.3) is 5.91 Å². The maximum Gasteiger partial charge on any atom is 0.255 e. The van der Waals surface area contributed by atoms with Crippen molar-refractivity contribution in [2.45, 2.75) is 31.9 Å². The Morgan fingerprint density at radius 2 is 2.30 bits per heavy atom. The molecule has 2 fully saturated rings. The maximum absolute atomic E-state index is 12.4. The molecule has 1 aliphatic carbocycles. The molecule has 1 saturated carbocycles. The molecule has 104 valence electrons. The monoisotopic (exact) mass is 271 g/mol. The van der Waals surface area contributed by atoms with Gasteiger partial charge in [0.2, 0.25) is 0 Å². The largest absolute Gasteiger partial charge is 0.461 e. The summed E-state index contributed by atoms with van der Waals surface area (Å²) >= 11 is 0. The van der Waals surface area contributed by atoms with E-state index in [-0.39, 0.29) is 11.9 Å². The summed E-state index contributed by atoms with van der Waals surface area (Å²) in [5.74, 6) is 1.28. The molecular formula is C16H17NO3. The van der Waals surface area contributed by atoms with E-state index in [0.29, 0.717) is 23.2 Å². The number of fused-ring (bicyclic) bond motifs is 2. The van der Waals surface area contributed by atoms with E-state index in [0.717, 1.165) is 30.6 Å². The molecule has 0 radical (unpaired) electrons. The molecule has 1 amide bonds. The molecule has 0 unspecified atom stereocenters. The van der Waals surface area contributed by atoms with E-state index < -0.39 is 0 Å². The summed E-state index contributed by atoms with van der Waals surface area (Å²) in [5, 5.41) is 4.10. The molecule has 1 N–H and O–H groups in total. The van der Waals surface area contributed by atoms with E-state index in [4.69, 9.17) is 9.15 Å². The van der Waals surface area contributed by atoms with Crippen molar-refractivity contribution in [2.24, 2.45) is 5.92 Å². The van der Waals surface area contributed by atoms with Crippen LogP contribution in [0, 0.1) is 12.8 Å². The lowest BCUT2D eigenvalue weighted by Crippen LogP contribution is -2.53. The molecule has 2 aliphatic rings. The summed E-state index contributed by atoms with van der Waals surface area (Å²) in [6.07, 6.45) is 2.35. The van der Waals surface area contributed by atoms with Crippen molar-refractivity contribution in [1.82, 2.24) is 5.32 Å². The summed E-state index contributed by atoms with van der Waals surface area (Å²) in [6.45, 7) is 2.72. The molecule has 1 saturated heterocycles. The number of benzene rings is 1. The zero-order valence-electron chi connectivity index (χ0n) is 11.4. The molecule has 0 bridgehead atoms. The SMILES string of the molecule is Cc1cc2cccc(C(=O)N[C@@H]3C[C@H]4OCC[C@@H]34)c2o1. The molecule has 1 aromatic carbocycles. The van der Waals surface area contributed by atoms with Crippen LogP contribution in [0.25, 0.3) is 11.0 Å². The molecule has 1 aliphatic heterocycles. The van der Waals surface area contributed by atoms with Crippen molar-refractivity contribution in [3.8, 4) is 0 Å². The molecule has 4 heteroatoms. The summed E-state index contributed by atoms with van der Waals surface area (Å²) in [7, 11) is 0. The molecule has 4 rings (SSSR count). The number of carbonyl (C=O) groups is 1. The average molecular weight is 271 g/mol. The van der Waals surface area contributed by atoms with Crippen LogP contribution < -0.4 is 5.32 Å². The first-order chi connectivity index (χ1) is 9.72. The molecule has 4 nitrogen and oxygen atoms in total. The van der Waals surface area contributed by atoms with E-state index in [1.165, 1.54) is 0 Å². The van der Waals surface area contributed by atoms with Gasteiger partial charge in [0.05, 0.1) is 11.7 Å². The number of nitrogens with one attached hydrogen (secondary N) is 1. The van der Waals surface area contributed by atoms with Gasteiger partial charge in [0.1, 0.15) is 11.3 Å². The fourth-order valence-corrected chi connectivity index (χ4v) is 3.38. The van der Waals surface area contributed by atoms with Crippen LogP contribution >= 0.6 is 0 Å². The van der Waals surface area contributed by atoms with E-state index in [1.54, 1.807) is 0 Å². The standard InChI is InChI=1S/C16H17NO3/c1-9-7-10-3-2-4-12(15(10)20-9)16(18)17-13-8-14-11(13)5-6-19-14/h2-4,7,11,13-14H,5-6,8H2,1H3,(H,17,18)/t11-,13+,14+/m0/s1. The van der Waals surface area contributed by atoms with E-state index >= 15 is 0 Å². The van der Waals surface area contributed by atoms with Crippen LogP contribution in [0.3, 0.4) is 0 Å². The molecule has 3 atom stereocenters. The quantitative estimate of drug-likeness (QED) is 0.913. The third kappa shape index (κ3) is 1.75. The van der Waals surface area contributed by atoms with Crippen molar-refractivity contribution in [3.05, 3.63) is 35.6 Å². The highest BCUT2D eigenvalue weighted by Crippen LogP contribution is 2.38. The van der Waals surface area contributed by atoms with Crippen molar-refractivity contribution in [1.29, 1.82) is 0 Å². The number of hydrogen-bond donors (Lipinski definition) is 1. The maximum atomic E-state index is 12.4. The number of furan rings is 1. The van der Waals surface area contributed by atoms with Crippen molar-refractivity contribution < 1.29 is 13.9 Å². The first kappa shape index (κ1) is 12.0. The highest BCUT2D eigenvalue weighted by atomic mass is 16.5. The second-order valence-electron chi connectivity index (χ2n) is 5.76. The van der Waals surface area contributed by atoms with Gasteiger partial charge in [0, 0.05) is 24.0 Å². The summed E-state index contributed by atoms with van der Waals surface area (Å²) in [6, 6.07) is 7.89. The minimum atomic E-state index is -0.0414. The number of amides is 1. The van der Waals surface area contributed by atoms with Gasteiger partial charge in [-0.3, -0.25) is 4.79 Å². The van der Waals surface area contributed by atoms with Gasteiger partial charge in [-0.1, -0.05) is 12.1 Å². The van der Waals surface area contributed by atoms with Gasteiger partial charge in [-0.2, -0.15) is 0 Å². The summed E-state index contributed by atoms with van der Waals surface area (Å²) in [5.41, 5.74) is 1.30. The van der Waals surface area contributed by atoms with E-state index in [9.17, 15) is 4.79 Å². The molecule has 1 aromatic heterocycles. The second kappa shape index (κ2) is 4.35. The van der Waals surface area contributed by atoms with Crippen LogP contribution in [0.4, 0.5) is 0 Å². The van der Waals surface area contributed by atoms with Crippen LogP contribution in [0.1, 0.15) is 29.0 Å². The highest BCUT2D eigenvalue weighted by molar-refractivity contribution is 6.05. The molecule has 2 aromatic rings. The Bertz CT molecular complexity index is 675. The lowest BCUT2D eigenvalue weighted by molar-refractivity contribution is 0.00811. The second-order valence-corrected chi connectivity index (χ2v) is 5.76. The summed E-state index contributed by atoms with van der Waals surface area (Å²) in [4.78, 5) is 12.4.